The molecule has 0 radical (unpaired) electrons. The second-order valence-electron chi connectivity index (χ2n) is 6.69. The summed E-state index contributed by atoms with van der Waals surface area (Å²) in [7, 11) is 0. The second kappa shape index (κ2) is 8.31. The number of hydrogen-bond donors (Lipinski definition) is 1. The first kappa shape index (κ1) is 18.4. The largest absolute Gasteiger partial charge is 0.485 e. The number of piperidine rings is 1. The Bertz CT molecular complexity index is 727. The van der Waals surface area contributed by atoms with Gasteiger partial charge in [-0.15, -0.1) is 0 Å². The Morgan fingerprint density at radius 1 is 1.38 bits per heavy atom. The van der Waals surface area contributed by atoms with E-state index in [4.69, 9.17) is 15.0 Å². The number of ether oxygens (including phenoxy) is 1. The van der Waals surface area contributed by atoms with Gasteiger partial charge in [-0.05, 0) is 50.5 Å². The summed E-state index contributed by atoms with van der Waals surface area (Å²) in [5.74, 6) is 1.79. The van der Waals surface area contributed by atoms with Crippen molar-refractivity contribution >= 4 is 5.91 Å². The molecule has 26 heavy (non-hydrogen) atoms. The number of hydrogen-bond acceptors (Lipinski definition) is 6. The Kier molecular flexibility index (Phi) is 5.88. The summed E-state index contributed by atoms with van der Waals surface area (Å²) in [6.45, 7) is 4.91. The molecule has 2 N–H and O–H groups in total. The van der Waals surface area contributed by atoms with E-state index in [-0.39, 0.29) is 24.6 Å². The van der Waals surface area contributed by atoms with E-state index >= 15 is 0 Å². The van der Waals surface area contributed by atoms with Crippen molar-refractivity contribution in [2.45, 2.75) is 58.2 Å². The minimum absolute atomic E-state index is 0.0233. The van der Waals surface area contributed by atoms with Gasteiger partial charge < -0.3 is 19.9 Å². The Morgan fingerprint density at radius 3 is 2.81 bits per heavy atom. The number of amides is 1. The molecule has 1 aromatic carbocycles. The molecule has 7 heteroatoms. The fourth-order valence-corrected chi connectivity index (χ4v) is 3.26. The molecule has 0 spiro atoms. The molecule has 0 saturated carbocycles. The number of aromatic nitrogens is 2. The molecule has 1 aliphatic rings. The van der Waals surface area contributed by atoms with Crippen LogP contribution in [0.5, 0.6) is 5.75 Å². The third kappa shape index (κ3) is 4.22. The van der Waals surface area contributed by atoms with Gasteiger partial charge in [-0.25, -0.2) is 0 Å². The lowest BCUT2D eigenvalue weighted by molar-refractivity contribution is 0.0584. The van der Waals surface area contributed by atoms with Crippen LogP contribution in [0, 0.1) is 0 Å². The summed E-state index contributed by atoms with van der Waals surface area (Å²) >= 11 is 0. The predicted molar refractivity (Wildman–Crippen MR) is 96.8 cm³/mol. The van der Waals surface area contributed by atoms with Crippen LogP contribution in [0.2, 0.25) is 0 Å². The Balaban J connectivity index is 1.62. The molecule has 0 bridgehead atoms. The van der Waals surface area contributed by atoms with Gasteiger partial charge in [0, 0.05) is 30.6 Å². The number of carbonyl (C=O) groups is 1. The molecule has 140 valence electrons. The SMILES string of the molecule is CCc1nc(COc2ccc(C(=O)N3CCCCC3C(C)N)cc2)no1. The highest BCUT2D eigenvalue weighted by molar-refractivity contribution is 5.94. The van der Waals surface area contributed by atoms with Gasteiger partial charge in [0.2, 0.25) is 11.7 Å². The highest BCUT2D eigenvalue weighted by Gasteiger charge is 2.29. The van der Waals surface area contributed by atoms with E-state index in [2.05, 4.69) is 10.1 Å². The van der Waals surface area contributed by atoms with Gasteiger partial charge in [-0.1, -0.05) is 12.1 Å². The summed E-state index contributed by atoms with van der Waals surface area (Å²) < 4.78 is 10.7. The highest BCUT2D eigenvalue weighted by atomic mass is 16.5. The van der Waals surface area contributed by atoms with E-state index < -0.39 is 0 Å². The Labute approximate surface area is 153 Å². The van der Waals surface area contributed by atoms with Crippen molar-refractivity contribution in [2.24, 2.45) is 5.73 Å². The summed E-state index contributed by atoms with van der Waals surface area (Å²) in [5.41, 5.74) is 6.72. The van der Waals surface area contributed by atoms with Crippen LogP contribution in [0.1, 0.15) is 55.2 Å². The molecule has 2 aromatic rings. The van der Waals surface area contributed by atoms with Gasteiger partial charge in [0.15, 0.2) is 6.61 Å². The van der Waals surface area contributed by atoms with Gasteiger partial charge in [0.05, 0.1) is 0 Å². The summed E-state index contributed by atoms with van der Waals surface area (Å²) in [4.78, 5) is 19.0. The lowest BCUT2D eigenvalue weighted by atomic mass is 9.96. The van der Waals surface area contributed by atoms with Crippen molar-refractivity contribution in [1.29, 1.82) is 0 Å². The van der Waals surface area contributed by atoms with Crippen LogP contribution in [-0.4, -0.2) is 39.6 Å². The van der Waals surface area contributed by atoms with Gasteiger partial charge in [0.25, 0.3) is 5.91 Å². The van der Waals surface area contributed by atoms with E-state index in [9.17, 15) is 4.79 Å². The number of carbonyl (C=O) groups excluding carboxylic acids is 1. The molecule has 1 fully saturated rings. The highest BCUT2D eigenvalue weighted by Crippen LogP contribution is 2.22. The number of benzene rings is 1. The van der Waals surface area contributed by atoms with Crippen LogP contribution in [0.25, 0.3) is 0 Å². The molecular formula is C19H26N4O3. The number of rotatable bonds is 6. The third-order valence-electron chi connectivity index (χ3n) is 4.70. The zero-order valence-electron chi connectivity index (χ0n) is 15.4. The molecule has 2 unspecified atom stereocenters. The van der Waals surface area contributed by atoms with E-state index in [1.54, 1.807) is 24.3 Å². The van der Waals surface area contributed by atoms with Crippen molar-refractivity contribution in [1.82, 2.24) is 15.0 Å². The minimum Gasteiger partial charge on any atom is -0.485 e. The summed E-state index contributed by atoms with van der Waals surface area (Å²) in [6.07, 6.45) is 3.82. The predicted octanol–water partition coefficient (Wildman–Crippen LogP) is 2.55. The fourth-order valence-electron chi connectivity index (χ4n) is 3.26. The van der Waals surface area contributed by atoms with Crippen LogP contribution in [0.3, 0.4) is 0 Å². The van der Waals surface area contributed by atoms with Crippen LogP contribution in [0.15, 0.2) is 28.8 Å². The number of aryl methyl sites for hydroxylation is 1. The zero-order chi connectivity index (χ0) is 18.5. The van der Waals surface area contributed by atoms with Crippen LogP contribution in [0.4, 0.5) is 0 Å². The monoisotopic (exact) mass is 358 g/mol. The first-order valence-electron chi connectivity index (χ1n) is 9.19. The molecule has 1 amide bonds. The maximum absolute atomic E-state index is 12.8. The van der Waals surface area contributed by atoms with Crippen molar-refractivity contribution < 1.29 is 14.1 Å². The van der Waals surface area contributed by atoms with Crippen molar-refractivity contribution in [3.63, 3.8) is 0 Å². The Hall–Kier alpha value is -2.41. The summed E-state index contributed by atoms with van der Waals surface area (Å²) in [5, 5.41) is 3.85. The average Bonchev–Trinajstić information content (AvgIpc) is 3.14. The van der Waals surface area contributed by atoms with E-state index in [1.807, 2.05) is 18.7 Å². The first-order chi connectivity index (χ1) is 12.6. The molecule has 3 rings (SSSR count). The molecule has 7 nitrogen and oxygen atoms in total. The Morgan fingerprint density at radius 2 is 2.15 bits per heavy atom. The van der Waals surface area contributed by atoms with Gasteiger partial charge in [0.1, 0.15) is 5.75 Å². The van der Waals surface area contributed by atoms with Crippen LogP contribution in [-0.2, 0) is 13.0 Å². The molecule has 1 aliphatic heterocycles. The minimum atomic E-state index is -0.0233. The van der Waals surface area contributed by atoms with E-state index in [1.165, 1.54) is 0 Å². The zero-order valence-corrected chi connectivity index (χ0v) is 15.4. The van der Waals surface area contributed by atoms with Gasteiger partial charge in [-0.3, -0.25) is 4.79 Å². The van der Waals surface area contributed by atoms with Gasteiger partial charge in [-0.2, -0.15) is 4.98 Å². The van der Waals surface area contributed by atoms with Crippen LogP contribution >= 0.6 is 0 Å². The lowest BCUT2D eigenvalue weighted by Crippen LogP contribution is -2.51. The van der Waals surface area contributed by atoms with Crippen molar-refractivity contribution in [3.05, 3.63) is 41.5 Å². The van der Waals surface area contributed by atoms with Crippen molar-refractivity contribution in [2.75, 3.05) is 6.54 Å². The normalized spacial score (nSPS) is 18.6. The lowest BCUT2D eigenvalue weighted by Gasteiger charge is -2.38. The third-order valence-corrected chi connectivity index (χ3v) is 4.70. The quantitative estimate of drug-likeness (QED) is 0.853. The standard InChI is InChI=1S/C19H26N4O3/c1-3-18-21-17(22-26-18)12-25-15-9-7-14(8-10-15)19(24)23-11-5-4-6-16(23)13(2)20/h7-10,13,16H,3-6,11-12,20H2,1-2H3. The first-order valence-corrected chi connectivity index (χ1v) is 9.19. The maximum atomic E-state index is 12.8. The average molecular weight is 358 g/mol. The summed E-state index contributed by atoms with van der Waals surface area (Å²) in [6, 6.07) is 7.25. The number of nitrogens with zero attached hydrogens (tertiary/aromatic N) is 3. The molecular weight excluding hydrogens is 332 g/mol. The molecule has 2 heterocycles. The molecule has 1 aromatic heterocycles. The van der Waals surface area contributed by atoms with Crippen LogP contribution < -0.4 is 10.5 Å². The van der Waals surface area contributed by atoms with Gasteiger partial charge >= 0.3 is 0 Å². The van der Waals surface area contributed by atoms with E-state index in [0.717, 1.165) is 25.8 Å². The fraction of sp³-hybridized carbons (Fsp3) is 0.526. The number of nitrogens with two attached hydrogens (primary N) is 1. The number of likely N-dealkylation sites (tertiary alicyclic amines) is 1. The topological polar surface area (TPSA) is 94.5 Å². The molecule has 1 saturated heterocycles. The smallest absolute Gasteiger partial charge is 0.254 e. The maximum Gasteiger partial charge on any atom is 0.254 e. The second-order valence-corrected chi connectivity index (χ2v) is 6.69. The van der Waals surface area contributed by atoms with Crippen molar-refractivity contribution in [3.8, 4) is 5.75 Å². The molecule has 0 aliphatic carbocycles. The molecule has 2 atom stereocenters. The van der Waals surface area contributed by atoms with E-state index in [0.29, 0.717) is 29.4 Å².